The number of nitrogens with zero attached hydrogens (tertiary/aromatic N) is 1. The average Bonchev–Trinajstić information content (AvgIpc) is 3.37. The van der Waals surface area contributed by atoms with E-state index in [1.165, 1.54) is 12.1 Å². The summed E-state index contributed by atoms with van der Waals surface area (Å²) in [6.07, 6.45) is 3.39. The van der Waals surface area contributed by atoms with Crippen LogP contribution in [0.25, 0.3) is 0 Å². The minimum Gasteiger partial charge on any atom is -0.367 e. The van der Waals surface area contributed by atoms with Crippen LogP contribution in [0.5, 0.6) is 0 Å². The van der Waals surface area contributed by atoms with Crippen molar-refractivity contribution in [1.29, 1.82) is 0 Å². The lowest BCUT2D eigenvalue weighted by Crippen LogP contribution is -2.31. The second-order valence-corrected chi connectivity index (χ2v) is 8.25. The Kier molecular flexibility index (Phi) is 3.87. The molecule has 0 saturated heterocycles. The third kappa shape index (κ3) is 3.71. The predicted molar refractivity (Wildman–Crippen MR) is 108 cm³/mol. The van der Waals surface area contributed by atoms with Crippen molar-refractivity contribution in [1.82, 2.24) is 0 Å². The Hall–Kier alpha value is -2.36. The summed E-state index contributed by atoms with van der Waals surface area (Å²) in [7, 11) is 0. The largest absolute Gasteiger partial charge is 0.367 e. The molecule has 1 heterocycles. The van der Waals surface area contributed by atoms with E-state index >= 15 is 0 Å². The molecule has 1 aliphatic carbocycles. The molecule has 1 aliphatic heterocycles. The van der Waals surface area contributed by atoms with Crippen molar-refractivity contribution in [2.75, 3.05) is 16.8 Å². The first-order chi connectivity index (χ1) is 13.6. The van der Waals surface area contributed by atoms with E-state index in [9.17, 15) is 9.18 Å². The number of anilines is 2. The molecule has 4 heteroatoms. The quantitative estimate of drug-likeness (QED) is 0.811. The van der Waals surface area contributed by atoms with Crippen molar-refractivity contribution in [3.05, 3.63) is 58.4 Å². The molecule has 1 N–H and O–H groups in total. The van der Waals surface area contributed by atoms with E-state index in [0.29, 0.717) is 30.6 Å². The van der Waals surface area contributed by atoms with Gasteiger partial charge in [0.25, 0.3) is 0 Å². The number of benzene rings is 2. The van der Waals surface area contributed by atoms with Gasteiger partial charge in [0.2, 0.25) is 5.91 Å². The summed E-state index contributed by atoms with van der Waals surface area (Å²) in [4.78, 5) is 14.2. The molecule has 1 fully saturated rings. The summed E-state index contributed by atoms with van der Waals surface area (Å²) in [5.74, 6) is -0.304. The lowest BCUT2D eigenvalue weighted by Gasteiger charge is -2.33. The van der Waals surface area contributed by atoms with Gasteiger partial charge < -0.3 is 10.2 Å². The van der Waals surface area contributed by atoms with Crippen LogP contribution < -0.4 is 10.2 Å². The molecule has 0 bridgehead atoms. The highest BCUT2D eigenvalue weighted by atomic mass is 19.1. The Labute approximate surface area is 163 Å². The summed E-state index contributed by atoms with van der Waals surface area (Å²) >= 11 is 0. The highest BCUT2D eigenvalue weighted by Crippen LogP contribution is 2.48. The standard InChI is InChI=1S/C23H27FN2O/c1-15-12-17-14-26(19-6-4-18(24)5-7-19)11-8-20(17)16(2)22(15)25-21(27)13-23(3)9-10-23/h4-7,12H,8-11,13-14H2,1-3H3,(H,25,27)/i14D2. The van der Waals surface area contributed by atoms with Crippen molar-refractivity contribution in [3.8, 4) is 0 Å². The van der Waals surface area contributed by atoms with E-state index in [-0.39, 0.29) is 17.1 Å². The van der Waals surface area contributed by atoms with E-state index < -0.39 is 6.50 Å². The number of nitrogens with one attached hydrogen (secondary N) is 1. The number of halogens is 1. The Morgan fingerprint density at radius 1 is 1.30 bits per heavy atom. The third-order valence-corrected chi connectivity index (χ3v) is 5.84. The zero-order valence-electron chi connectivity index (χ0n) is 18.2. The number of amides is 1. The number of fused-ring (bicyclic) bond motifs is 1. The minimum atomic E-state index is -1.72. The molecule has 3 nitrogen and oxygen atoms in total. The van der Waals surface area contributed by atoms with Gasteiger partial charge in [-0.15, -0.1) is 0 Å². The molecule has 142 valence electrons. The van der Waals surface area contributed by atoms with Gasteiger partial charge in [0.15, 0.2) is 0 Å². The van der Waals surface area contributed by atoms with Crippen LogP contribution in [-0.2, 0) is 17.7 Å². The Balaban J connectivity index is 1.66. The maximum absolute atomic E-state index is 13.3. The van der Waals surface area contributed by atoms with Gasteiger partial charge in [-0.1, -0.05) is 13.0 Å². The Morgan fingerprint density at radius 2 is 2.00 bits per heavy atom. The number of rotatable bonds is 4. The van der Waals surface area contributed by atoms with Crippen molar-refractivity contribution in [3.63, 3.8) is 0 Å². The van der Waals surface area contributed by atoms with Crippen LogP contribution in [0.1, 0.15) is 51.2 Å². The molecule has 0 spiro atoms. The molecule has 0 unspecified atom stereocenters. The summed E-state index contributed by atoms with van der Waals surface area (Å²) in [6, 6.07) is 7.80. The lowest BCUT2D eigenvalue weighted by atomic mass is 9.91. The lowest BCUT2D eigenvalue weighted by molar-refractivity contribution is -0.117. The van der Waals surface area contributed by atoms with Gasteiger partial charge in [-0.05, 0) is 85.0 Å². The van der Waals surface area contributed by atoms with Crippen molar-refractivity contribution in [2.45, 2.75) is 53.0 Å². The number of hydrogen-bond acceptors (Lipinski definition) is 2. The molecule has 1 saturated carbocycles. The van der Waals surface area contributed by atoms with Crippen LogP contribution in [0.3, 0.4) is 0 Å². The van der Waals surface area contributed by atoms with E-state index in [0.717, 1.165) is 35.2 Å². The Bertz CT molecular complexity index is 968. The van der Waals surface area contributed by atoms with E-state index in [4.69, 9.17) is 2.74 Å². The molecule has 2 aromatic rings. The Morgan fingerprint density at radius 3 is 2.67 bits per heavy atom. The van der Waals surface area contributed by atoms with Gasteiger partial charge in [0.05, 0.1) is 2.74 Å². The number of hydrogen-bond donors (Lipinski definition) is 1. The first-order valence-corrected chi connectivity index (χ1v) is 9.57. The van der Waals surface area contributed by atoms with Gasteiger partial charge in [-0.2, -0.15) is 0 Å². The fourth-order valence-electron chi connectivity index (χ4n) is 3.84. The van der Waals surface area contributed by atoms with E-state index in [1.54, 1.807) is 17.0 Å². The normalized spacial score (nSPS) is 20.4. The molecular weight excluding hydrogens is 339 g/mol. The molecule has 0 aromatic heterocycles. The second-order valence-electron chi connectivity index (χ2n) is 8.25. The van der Waals surface area contributed by atoms with Crippen LogP contribution in [0.2, 0.25) is 0 Å². The predicted octanol–water partition coefficient (Wildman–Crippen LogP) is 5.13. The fourth-order valence-corrected chi connectivity index (χ4v) is 3.84. The van der Waals surface area contributed by atoms with Gasteiger partial charge in [-0.3, -0.25) is 4.79 Å². The molecule has 2 aliphatic rings. The fraction of sp³-hybridized carbons (Fsp3) is 0.435. The number of carbonyl (C=O) groups excluding carboxylic acids is 1. The zero-order valence-corrected chi connectivity index (χ0v) is 16.2. The summed E-state index contributed by atoms with van der Waals surface area (Å²) in [6.45, 7) is 4.78. The smallest absolute Gasteiger partial charge is 0.224 e. The van der Waals surface area contributed by atoms with E-state index in [1.807, 2.05) is 19.9 Å². The van der Waals surface area contributed by atoms with Gasteiger partial charge in [-0.25, -0.2) is 4.39 Å². The third-order valence-electron chi connectivity index (χ3n) is 5.84. The maximum Gasteiger partial charge on any atom is 0.224 e. The maximum atomic E-state index is 13.3. The van der Waals surface area contributed by atoms with Crippen LogP contribution in [0.4, 0.5) is 15.8 Å². The average molecular weight is 368 g/mol. The molecule has 0 atom stereocenters. The summed E-state index contributed by atoms with van der Waals surface area (Å²) in [5.41, 5.74) is 4.99. The highest BCUT2D eigenvalue weighted by molar-refractivity contribution is 5.93. The van der Waals surface area contributed by atoms with Crippen molar-refractivity contribution in [2.24, 2.45) is 5.41 Å². The molecule has 2 aromatic carbocycles. The highest BCUT2D eigenvalue weighted by Gasteiger charge is 2.39. The molecule has 4 rings (SSSR count). The van der Waals surface area contributed by atoms with Gasteiger partial charge >= 0.3 is 0 Å². The number of aryl methyl sites for hydroxylation is 1. The first kappa shape index (κ1) is 15.7. The number of carbonyl (C=O) groups is 1. The van der Waals surface area contributed by atoms with Gasteiger partial charge in [0.1, 0.15) is 5.82 Å². The molecule has 1 amide bonds. The molecule has 0 radical (unpaired) electrons. The minimum absolute atomic E-state index is 0.0305. The van der Waals surface area contributed by atoms with Crippen molar-refractivity contribution >= 4 is 17.3 Å². The van der Waals surface area contributed by atoms with Gasteiger partial charge in [0, 0.05) is 30.8 Å². The van der Waals surface area contributed by atoms with Crippen LogP contribution in [0.15, 0.2) is 30.3 Å². The zero-order chi connectivity index (χ0) is 21.0. The molecule has 27 heavy (non-hydrogen) atoms. The summed E-state index contributed by atoms with van der Waals surface area (Å²) in [5, 5.41) is 3.08. The SMILES string of the molecule is [2H]C1([2H])c2cc(C)c(NC(=O)CC3(C)CC3)c(C)c2CCN1c1ccc(F)cc1. The topological polar surface area (TPSA) is 32.3 Å². The van der Waals surface area contributed by atoms with Crippen LogP contribution in [0, 0.1) is 25.1 Å². The monoisotopic (exact) mass is 368 g/mol. The van der Waals surface area contributed by atoms with Crippen LogP contribution in [-0.4, -0.2) is 12.5 Å². The molecular formula is C23H27FN2O. The van der Waals surface area contributed by atoms with Crippen LogP contribution >= 0.6 is 0 Å². The second kappa shape index (κ2) is 6.66. The van der Waals surface area contributed by atoms with Crippen molar-refractivity contribution < 1.29 is 11.9 Å². The first-order valence-electron chi connectivity index (χ1n) is 10.6. The van der Waals surface area contributed by atoms with E-state index in [2.05, 4.69) is 12.2 Å². The summed E-state index contributed by atoms with van der Waals surface area (Å²) < 4.78 is 30.9.